The van der Waals surface area contributed by atoms with E-state index in [4.69, 9.17) is 12.2 Å². The molecule has 0 radical (unpaired) electrons. The van der Waals surface area contributed by atoms with Crippen LogP contribution in [0.3, 0.4) is 0 Å². The van der Waals surface area contributed by atoms with Gasteiger partial charge in [-0.2, -0.15) is 0 Å². The van der Waals surface area contributed by atoms with Crippen molar-refractivity contribution in [3.05, 3.63) is 71.8 Å². The van der Waals surface area contributed by atoms with Crippen LogP contribution in [0.5, 0.6) is 0 Å². The van der Waals surface area contributed by atoms with E-state index in [9.17, 15) is 43.8 Å². The Morgan fingerprint density at radius 2 is 1.14 bits per heavy atom. The number of carboxylic acid groups (broad SMARTS) is 2. The van der Waals surface area contributed by atoms with Crippen molar-refractivity contribution in [2.75, 3.05) is 26.2 Å². The van der Waals surface area contributed by atoms with Gasteiger partial charge in [0.05, 0.1) is 10.1 Å². The minimum atomic E-state index is -1.03. The standard InChI is InChI=1S/C21H27N3O5S.C19H23N3O4S/c1-14(25)30-18(13-15-7-3-2-4-8-15)19(26)22-16-9-5-11-23-12-6-10-17(21(28)29)24(23)20(16)27;23-17(16(27)12-13-6-2-1-3-7-13)20-14-8-4-10-21-11-5-9-15(19(25)26)22(21)18(14)24/h2-4,7-8,16-18H,5-6,9-13H2,1H3,(H,22,26)(H,28,29);1-3,6-7,14-15H,4-5,8-12H2,(H,20,23)(H,25,26)/t16-,17-,18-;/m0./s1. The molecule has 4 fully saturated rings. The summed E-state index contributed by atoms with van der Waals surface area (Å²) in [7, 11) is 0. The summed E-state index contributed by atoms with van der Waals surface area (Å²) in [5, 5.41) is 30.0. The Kier molecular flexibility index (Phi) is 15.7. The van der Waals surface area contributed by atoms with E-state index in [2.05, 4.69) is 10.6 Å². The SMILES string of the molecule is CC(=O)S[C@@H](Cc1ccccc1)C(=O)N[C@H]1CCCN2CCC[C@@H](C(=O)O)N2C1=O.O=C(NC1CCCN2CCCC(C(=O)O)N2C1=O)C(=S)Cc1ccccc1. The van der Waals surface area contributed by atoms with E-state index >= 15 is 0 Å². The number of thioether (sulfide) groups is 1. The predicted molar refractivity (Wildman–Crippen MR) is 215 cm³/mol. The number of amides is 4. The Balaban J connectivity index is 0.000000219. The fraction of sp³-hybridized carbons (Fsp3) is 0.500. The van der Waals surface area contributed by atoms with E-state index in [0.29, 0.717) is 84.0 Å². The highest BCUT2D eigenvalue weighted by atomic mass is 32.2. The number of fused-ring (bicyclic) bond motifs is 2. The highest BCUT2D eigenvalue weighted by molar-refractivity contribution is 8.14. The number of nitrogens with one attached hydrogen (secondary N) is 2. The van der Waals surface area contributed by atoms with Crippen molar-refractivity contribution in [1.29, 1.82) is 0 Å². The summed E-state index contributed by atoms with van der Waals surface area (Å²) in [6, 6.07) is 15.5. The lowest BCUT2D eigenvalue weighted by atomic mass is 10.1. The maximum atomic E-state index is 13.2. The molecule has 4 heterocycles. The third kappa shape index (κ3) is 11.7. The number of carboxylic acids is 2. The average Bonchev–Trinajstić information content (AvgIpc) is 3.45. The number of hydrogen-bond acceptors (Lipinski definition) is 11. The normalized spacial score (nSPS) is 23.2. The molecule has 4 saturated heterocycles. The van der Waals surface area contributed by atoms with Gasteiger partial charge in [-0.15, -0.1) is 0 Å². The number of benzene rings is 2. The highest BCUT2D eigenvalue weighted by Gasteiger charge is 2.44. The van der Waals surface area contributed by atoms with E-state index < -0.39 is 47.3 Å². The molecule has 306 valence electrons. The molecule has 4 amide bonds. The zero-order valence-electron chi connectivity index (χ0n) is 31.9. The van der Waals surface area contributed by atoms with Crippen molar-refractivity contribution in [2.45, 2.75) is 101 Å². The van der Waals surface area contributed by atoms with Gasteiger partial charge in [-0.1, -0.05) is 84.6 Å². The first-order valence-corrected chi connectivity index (χ1v) is 20.6. The zero-order valence-corrected chi connectivity index (χ0v) is 33.6. The molecule has 0 saturated carbocycles. The summed E-state index contributed by atoms with van der Waals surface area (Å²) in [4.78, 5) is 86.8. The van der Waals surface area contributed by atoms with Gasteiger partial charge in [0.2, 0.25) is 5.91 Å². The van der Waals surface area contributed by atoms with E-state index in [1.54, 1.807) is 10.0 Å². The number of aliphatic carboxylic acids is 2. The molecule has 2 aromatic rings. The van der Waals surface area contributed by atoms with Crippen molar-refractivity contribution in [2.24, 2.45) is 0 Å². The van der Waals surface area contributed by atoms with Gasteiger partial charge in [0.1, 0.15) is 24.2 Å². The van der Waals surface area contributed by atoms with Crippen LogP contribution < -0.4 is 10.6 Å². The number of nitrogens with zero attached hydrogens (tertiary/aromatic N) is 4. The van der Waals surface area contributed by atoms with Gasteiger partial charge in [0.25, 0.3) is 17.7 Å². The number of thiocarbonyl (C=S) groups is 1. The first-order valence-electron chi connectivity index (χ1n) is 19.3. The molecule has 0 bridgehead atoms. The lowest BCUT2D eigenvalue weighted by Crippen LogP contribution is -2.61. The van der Waals surface area contributed by atoms with Crippen molar-refractivity contribution in [3.8, 4) is 0 Å². The first kappa shape index (κ1) is 43.4. The Labute approximate surface area is 341 Å². The van der Waals surface area contributed by atoms with E-state index in [-0.39, 0.29) is 27.7 Å². The summed E-state index contributed by atoms with van der Waals surface area (Å²) < 4.78 is 0. The van der Waals surface area contributed by atoms with Gasteiger partial charge in [0, 0.05) is 39.5 Å². The molecule has 5 atom stereocenters. The molecular weight excluding hydrogens is 773 g/mol. The van der Waals surface area contributed by atoms with Gasteiger partial charge < -0.3 is 20.8 Å². The van der Waals surface area contributed by atoms with Crippen LogP contribution in [-0.2, 0) is 46.4 Å². The number of carbonyl (C=O) groups excluding carboxylic acids is 5. The number of rotatable bonds is 11. The average molecular weight is 823 g/mol. The van der Waals surface area contributed by atoms with Crippen molar-refractivity contribution in [3.63, 3.8) is 0 Å². The van der Waals surface area contributed by atoms with Crippen LogP contribution in [0.1, 0.15) is 69.4 Å². The highest BCUT2D eigenvalue weighted by Crippen LogP contribution is 2.26. The Morgan fingerprint density at radius 1 is 0.702 bits per heavy atom. The van der Waals surface area contributed by atoms with Gasteiger partial charge in [-0.3, -0.25) is 34.0 Å². The fourth-order valence-electron chi connectivity index (χ4n) is 7.64. The smallest absolute Gasteiger partial charge is 0.328 e. The molecule has 57 heavy (non-hydrogen) atoms. The molecule has 0 aromatic heterocycles. The molecule has 6 rings (SSSR count). The fourth-order valence-corrected chi connectivity index (χ4v) is 8.72. The summed E-state index contributed by atoms with van der Waals surface area (Å²) in [6.07, 6.45) is 5.24. The lowest BCUT2D eigenvalue weighted by molar-refractivity contribution is -0.174. The lowest BCUT2D eigenvalue weighted by Gasteiger charge is -2.42. The van der Waals surface area contributed by atoms with Crippen molar-refractivity contribution < 1.29 is 43.8 Å². The van der Waals surface area contributed by atoms with Gasteiger partial charge in [0.15, 0.2) is 5.12 Å². The number of carbonyl (C=O) groups is 7. The van der Waals surface area contributed by atoms with Crippen LogP contribution in [0.15, 0.2) is 60.7 Å². The first-order chi connectivity index (χ1) is 27.3. The van der Waals surface area contributed by atoms with Crippen LogP contribution in [0, 0.1) is 0 Å². The molecule has 0 aliphatic carbocycles. The van der Waals surface area contributed by atoms with Crippen LogP contribution in [0.25, 0.3) is 0 Å². The van der Waals surface area contributed by atoms with Crippen molar-refractivity contribution in [1.82, 2.24) is 30.7 Å². The Morgan fingerprint density at radius 3 is 1.60 bits per heavy atom. The van der Waals surface area contributed by atoms with Crippen LogP contribution in [0.2, 0.25) is 0 Å². The number of hydrogen-bond donors (Lipinski definition) is 4. The molecule has 0 spiro atoms. The van der Waals surface area contributed by atoms with Gasteiger partial charge in [-0.05, 0) is 68.9 Å². The summed E-state index contributed by atoms with van der Waals surface area (Å²) in [5.74, 6) is -3.62. The Bertz CT molecular complexity index is 1800. The minimum absolute atomic E-state index is 0.175. The maximum Gasteiger partial charge on any atom is 0.328 e. The topological polar surface area (TPSA) is 197 Å². The van der Waals surface area contributed by atoms with Crippen LogP contribution >= 0.6 is 24.0 Å². The number of hydrazine groups is 2. The van der Waals surface area contributed by atoms with Crippen LogP contribution in [-0.4, -0.2) is 131 Å². The second kappa shape index (κ2) is 20.6. The third-order valence-corrected chi connectivity index (χ3v) is 11.7. The second-order valence-corrected chi connectivity index (χ2v) is 16.4. The molecular formula is C40H50N6O9S2. The largest absolute Gasteiger partial charge is 0.480 e. The van der Waals surface area contributed by atoms with Crippen LogP contribution in [0.4, 0.5) is 0 Å². The van der Waals surface area contributed by atoms with Crippen molar-refractivity contribution >= 4 is 69.5 Å². The van der Waals surface area contributed by atoms with Gasteiger partial charge in [-0.25, -0.2) is 19.6 Å². The molecule has 2 unspecified atom stereocenters. The minimum Gasteiger partial charge on any atom is -0.480 e. The molecule has 2 aromatic carbocycles. The maximum absolute atomic E-state index is 13.2. The summed E-state index contributed by atoms with van der Waals surface area (Å²) in [5.41, 5.74) is 1.85. The summed E-state index contributed by atoms with van der Waals surface area (Å²) in [6.45, 7) is 3.89. The molecule has 4 aliphatic rings. The Hall–Kier alpha value is -4.71. The summed E-state index contributed by atoms with van der Waals surface area (Å²) >= 11 is 6.18. The van der Waals surface area contributed by atoms with E-state index in [1.165, 1.54) is 16.9 Å². The second-order valence-electron chi connectivity index (χ2n) is 14.5. The predicted octanol–water partition coefficient (Wildman–Crippen LogP) is 2.62. The molecule has 17 heteroatoms. The monoisotopic (exact) mass is 822 g/mol. The third-order valence-electron chi connectivity index (χ3n) is 10.4. The van der Waals surface area contributed by atoms with E-state index in [1.807, 2.05) is 60.7 Å². The molecule has 4 N–H and O–H groups in total. The van der Waals surface area contributed by atoms with E-state index in [0.717, 1.165) is 29.3 Å². The molecule has 15 nitrogen and oxygen atoms in total. The quantitative estimate of drug-likeness (QED) is 0.242. The zero-order chi connectivity index (χ0) is 41.1. The van der Waals surface area contributed by atoms with Gasteiger partial charge >= 0.3 is 11.9 Å². The molecule has 4 aliphatic heterocycles.